The van der Waals surface area contributed by atoms with Crippen molar-refractivity contribution >= 4 is 18.0 Å². The molecule has 25 heavy (non-hydrogen) atoms. The average molecular weight is 359 g/mol. The molecule has 0 aromatic carbocycles. The first-order valence-corrected chi connectivity index (χ1v) is 8.98. The fourth-order valence-corrected chi connectivity index (χ4v) is 2.47. The first-order valence-electron chi connectivity index (χ1n) is 8.98. The van der Waals surface area contributed by atoms with E-state index in [9.17, 15) is 14.4 Å². The zero-order valence-electron chi connectivity index (χ0n) is 16.0. The maximum Gasteiger partial charge on any atom is 0.410 e. The lowest BCUT2D eigenvalue weighted by Gasteiger charge is -2.19. The predicted octanol–water partition coefficient (Wildman–Crippen LogP) is 3.57. The van der Waals surface area contributed by atoms with E-state index >= 15 is 0 Å². The number of nitrogens with one attached hydrogen (secondary N) is 1. The number of carboxylic acids is 1. The van der Waals surface area contributed by atoms with Crippen molar-refractivity contribution < 1.29 is 29.0 Å². The van der Waals surface area contributed by atoms with Gasteiger partial charge in [-0.3, -0.25) is 9.59 Å². The second kappa shape index (κ2) is 12.6. The highest BCUT2D eigenvalue weighted by molar-refractivity contribution is 5.72. The summed E-state index contributed by atoms with van der Waals surface area (Å²) in [6, 6.07) is 0. The molecule has 7 nitrogen and oxygen atoms in total. The van der Waals surface area contributed by atoms with Crippen molar-refractivity contribution in [1.82, 2.24) is 5.32 Å². The van der Waals surface area contributed by atoms with Crippen LogP contribution in [-0.4, -0.2) is 36.0 Å². The number of carbonyl (C=O) groups is 3. The summed E-state index contributed by atoms with van der Waals surface area (Å²) in [5.41, 5.74) is 0. The summed E-state index contributed by atoms with van der Waals surface area (Å²) in [5.74, 6) is -0.637. The molecule has 0 radical (unpaired) electrons. The summed E-state index contributed by atoms with van der Waals surface area (Å²) in [6.07, 6.45) is 1.83. The fraction of sp³-hybridized carbons (Fsp3) is 0.833. The normalized spacial score (nSPS) is 13.4. The van der Waals surface area contributed by atoms with Gasteiger partial charge in [0.1, 0.15) is 0 Å². The largest absolute Gasteiger partial charge is 0.481 e. The van der Waals surface area contributed by atoms with E-state index in [4.69, 9.17) is 14.6 Å². The third-order valence-corrected chi connectivity index (χ3v) is 3.66. The first-order chi connectivity index (χ1) is 11.6. The maximum atomic E-state index is 11.6. The summed E-state index contributed by atoms with van der Waals surface area (Å²) < 4.78 is 9.90. The molecule has 0 fully saturated rings. The van der Waals surface area contributed by atoms with Gasteiger partial charge in [0.2, 0.25) is 6.29 Å². The van der Waals surface area contributed by atoms with Crippen LogP contribution in [0.15, 0.2) is 0 Å². The van der Waals surface area contributed by atoms with E-state index in [0.717, 1.165) is 19.3 Å². The third kappa shape index (κ3) is 13.2. The van der Waals surface area contributed by atoms with Crippen LogP contribution in [0, 0.1) is 17.8 Å². The maximum absolute atomic E-state index is 11.6. The van der Waals surface area contributed by atoms with E-state index in [1.54, 1.807) is 13.8 Å². The minimum Gasteiger partial charge on any atom is -0.481 e. The molecule has 2 atom stereocenters. The molecule has 0 aliphatic heterocycles. The van der Waals surface area contributed by atoms with Crippen LogP contribution in [0.3, 0.4) is 0 Å². The lowest BCUT2D eigenvalue weighted by Crippen LogP contribution is -2.31. The van der Waals surface area contributed by atoms with Gasteiger partial charge in [-0.25, -0.2) is 4.79 Å². The summed E-state index contributed by atoms with van der Waals surface area (Å²) in [7, 11) is 0. The standard InChI is InChI=1S/C18H33NO6/c1-12(2)11-15(8-9-16(20)21)7-6-10-19-18(23)25-14(5)24-17(22)13(3)4/h12-15H,6-11H2,1-5H3,(H,19,23)(H,20,21)/t14-,15+/m0/s1. The van der Waals surface area contributed by atoms with Gasteiger partial charge in [0.25, 0.3) is 0 Å². The molecule has 0 saturated carbocycles. The van der Waals surface area contributed by atoms with Gasteiger partial charge in [-0.05, 0) is 37.5 Å². The van der Waals surface area contributed by atoms with Gasteiger partial charge < -0.3 is 19.9 Å². The third-order valence-electron chi connectivity index (χ3n) is 3.66. The van der Waals surface area contributed by atoms with Gasteiger partial charge >= 0.3 is 18.0 Å². The van der Waals surface area contributed by atoms with Crippen molar-refractivity contribution in [3.05, 3.63) is 0 Å². The summed E-state index contributed by atoms with van der Waals surface area (Å²) in [5, 5.41) is 11.4. The monoisotopic (exact) mass is 359 g/mol. The average Bonchev–Trinajstić information content (AvgIpc) is 2.47. The van der Waals surface area contributed by atoms with Crippen LogP contribution < -0.4 is 5.32 Å². The Morgan fingerprint density at radius 2 is 1.64 bits per heavy atom. The van der Waals surface area contributed by atoms with Crippen LogP contribution >= 0.6 is 0 Å². The van der Waals surface area contributed by atoms with E-state index in [0.29, 0.717) is 24.8 Å². The summed E-state index contributed by atoms with van der Waals surface area (Å²) in [6.45, 7) is 9.56. The molecule has 0 unspecified atom stereocenters. The molecule has 146 valence electrons. The topological polar surface area (TPSA) is 102 Å². The molecule has 0 aliphatic carbocycles. The minimum atomic E-state index is -0.931. The van der Waals surface area contributed by atoms with Gasteiger partial charge in [0.15, 0.2) is 0 Å². The number of hydrogen-bond donors (Lipinski definition) is 2. The minimum absolute atomic E-state index is 0.172. The summed E-state index contributed by atoms with van der Waals surface area (Å²) >= 11 is 0. The molecule has 0 aromatic heterocycles. The van der Waals surface area contributed by atoms with Crippen molar-refractivity contribution in [3.63, 3.8) is 0 Å². The van der Waals surface area contributed by atoms with Crippen molar-refractivity contribution in [3.8, 4) is 0 Å². The van der Waals surface area contributed by atoms with E-state index < -0.39 is 24.3 Å². The second-order valence-corrected chi connectivity index (χ2v) is 7.06. The molecular weight excluding hydrogens is 326 g/mol. The number of ether oxygens (including phenoxy) is 2. The highest BCUT2D eigenvalue weighted by atomic mass is 16.7. The smallest absolute Gasteiger partial charge is 0.410 e. The lowest BCUT2D eigenvalue weighted by atomic mass is 9.89. The second-order valence-electron chi connectivity index (χ2n) is 7.06. The molecule has 0 bridgehead atoms. The SMILES string of the molecule is CC(C)C[C@H](CCCNC(=O)O[C@@H](C)OC(=O)C(C)C)CCC(=O)O. The Bertz CT molecular complexity index is 422. The number of alkyl carbamates (subject to hydrolysis) is 1. The molecule has 2 N–H and O–H groups in total. The number of amides is 1. The van der Waals surface area contributed by atoms with Gasteiger partial charge in [-0.15, -0.1) is 0 Å². The number of carbonyl (C=O) groups excluding carboxylic acids is 2. The molecule has 7 heteroatoms. The van der Waals surface area contributed by atoms with Gasteiger partial charge in [-0.1, -0.05) is 27.7 Å². The molecule has 0 heterocycles. The van der Waals surface area contributed by atoms with E-state index in [-0.39, 0.29) is 12.3 Å². The molecule has 0 saturated heterocycles. The molecule has 0 aromatic rings. The van der Waals surface area contributed by atoms with Crippen molar-refractivity contribution in [2.24, 2.45) is 17.8 Å². The van der Waals surface area contributed by atoms with Crippen LogP contribution in [0.1, 0.15) is 66.7 Å². The van der Waals surface area contributed by atoms with Crippen LogP contribution in [0.4, 0.5) is 4.79 Å². The van der Waals surface area contributed by atoms with Crippen LogP contribution in [-0.2, 0) is 19.1 Å². The molecular formula is C18H33NO6. The van der Waals surface area contributed by atoms with Crippen LogP contribution in [0.5, 0.6) is 0 Å². The Kier molecular flexibility index (Phi) is 11.7. The van der Waals surface area contributed by atoms with E-state index in [2.05, 4.69) is 19.2 Å². The van der Waals surface area contributed by atoms with E-state index in [1.165, 1.54) is 6.92 Å². The van der Waals surface area contributed by atoms with E-state index in [1.807, 2.05) is 0 Å². The molecule has 0 rings (SSSR count). The lowest BCUT2D eigenvalue weighted by molar-refractivity contribution is -0.168. The van der Waals surface area contributed by atoms with Crippen molar-refractivity contribution in [2.45, 2.75) is 73.0 Å². The zero-order chi connectivity index (χ0) is 19.4. The van der Waals surface area contributed by atoms with Gasteiger partial charge in [0.05, 0.1) is 5.92 Å². The number of esters is 1. The van der Waals surface area contributed by atoms with Gasteiger partial charge in [0, 0.05) is 19.9 Å². The zero-order valence-corrected chi connectivity index (χ0v) is 16.0. The number of hydrogen-bond acceptors (Lipinski definition) is 5. The van der Waals surface area contributed by atoms with Crippen molar-refractivity contribution in [2.75, 3.05) is 6.54 Å². The Morgan fingerprint density at radius 3 is 2.16 bits per heavy atom. The fourth-order valence-electron chi connectivity index (χ4n) is 2.47. The Hall–Kier alpha value is -1.79. The highest BCUT2D eigenvalue weighted by Gasteiger charge is 2.17. The highest BCUT2D eigenvalue weighted by Crippen LogP contribution is 2.22. The predicted molar refractivity (Wildman–Crippen MR) is 93.9 cm³/mol. The van der Waals surface area contributed by atoms with Crippen LogP contribution in [0.25, 0.3) is 0 Å². The van der Waals surface area contributed by atoms with Gasteiger partial charge in [-0.2, -0.15) is 0 Å². The Morgan fingerprint density at radius 1 is 1.00 bits per heavy atom. The van der Waals surface area contributed by atoms with Crippen LogP contribution in [0.2, 0.25) is 0 Å². The molecule has 0 spiro atoms. The quantitative estimate of drug-likeness (QED) is 0.314. The number of carboxylic acid groups (broad SMARTS) is 1. The molecule has 1 amide bonds. The number of rotatable bonds is 12. The Balaban J connectivity index is 4.03. The number of aliphatic carboxylic acids is 1. The first kappa shape index (κ1) is 23.2. The summed E-state index contributed by atoms with van der Waals surface area (Å²) in [4.78, 5) is 33.8. The van der Waals surface area contributed by atoms with Crippen molar-refractivity contribution in [1.29, 1.82) is 0 Å². The Labute approximate surface area is 150 Å². The molecule has 0 aliphatic rings.